The summed E-state index contributed by atoms with van der Waals surface area (Å²) < 4.78 is 0.928. The Hall–Kier alpha value is -2.49. The number of phenolic OH excluding ortho intramolecular Hbond substituents is 2. The van der Waals surface area contributed by atoms with Gasteiger partial charge in [-0.15, -0.1) is 0 Å². The molecule has 9 heteroatoms. The molecule has 2 aromatic carbocycles. The molecule has 2 rings (SSSR count). The van der Waals surface area contributed by atoms with Crippen LogP contribution in [-0.4, -0.2) is 30.8 Å². The zero-order valence-corrected chi connectivity index (χ0v) is 15.3. The van der Waals surface area contributed by atoms with Crippen LogP contribution in [0.25, 0.3) is 0 Å². The Balaban J connectivity index is 2.07. The van der Waals surface area contributed by atoms with Crippen molar-refractivity contribution in [2.45, 2.75) is 13.3 Å². The number of aromatic hydroxyl groups is 2. The Bertz CT molecular complexity index is 828. The van der Waals surface area contributed by atoms with E-state index in [2.05, 4.69) is 4.83 Å². The number of amides is 1. The van der Waals surface area contributed by atoms with Gasteiger partial charge in [0.1, 0.15) is 11.5 Å². The van der Waals surface area contributed by atoms with Crippen LogP contribution in [0, 0.1) is 0 Å². The minimum Gasteiger partial charge on any atom is -0.507 e. The number of hydrogen-bond acceptors (Lipinski definition) is 8. The van der Waals surface area contributed by atoms with Crippen LogP contribution in [0.2, 0.25) is 0 Å². The zero-order chi connectivity index (χ0) is 19.1. The van der Waals surface area contributed by atoms with Gasteiger partial charge in [-0.1, -0.05) is 31.2 Å². The molecule has 1 amide bonds. The summed E-state index contributed by atoms with van der Waals surface area (Å²) in [4.78, 5) is 39.0. The number of nitrogens with one attached hydrogen (secondary N) is 1. The Morgan fingerprint density at radius 2 is 1.42 bits per heavy atom. The predicted molar refractivity (Wildman–Crippen MR) is 100 cm³/mol. The maximum absolute atomic E-state index is 12.3. The van der Waals surface area contributed by atoms with Crippen molar-refractivity contribution in [3.63, 3.8) is 0 Å². The zero-order valence-electron chi connectivity index (χ0n) is 13.7. The van der Waals surface area contributed by atoms with E-state index in [1.54, 1.807) is 31.2 Å². The number of hydrogen-bond donors (Lipinski definition) is 3. The second-order valence-electron chi connectivity index (χ2n) is 4.94. The minimum absolute atomic E-state index is 0.0465. The van der Waals surface area contributed by atoms with E-state index in [1.165, 1.54) is 24.3 Å². The molecule has 136 valence electrons. The van der Waals surface area contributed by atoms with E-state index in [0.717, 1.165) is 4.41 Å². The van der Waals surface area contributed by atoms with Crippen molar-refractivity contribution >= 4 is 40.0 Å². The molecule has 0 aromatic heterocycles. The van der Waals surface area contributed by atoms with E-state index in [0.29, 0.717) is 23.9 Å². The fourth-order valence-corrected chi connectivity index (χ4v) is 3.31. The number of carbonyl (C=O) groups excluding carboxylic acids is 3. The van der Waals surface area contributed by atoms with Gasteiger partial charge in [0, 0.05) is 18.4 Å². The van der Waals surface area contributed by atoms with E-state index in [4.69, 9.17) is 0 Å². The van der Waals surface area contributed by atoms with Crippen LogP contribution >= 0.6 is 23.9 Å². The van der Waals surface area contributed by atoms with Gasteiger partial charge in [-0.3, -0.25) is 14.4 Å². The van der Waals surface area contributed by atoms with Gasteiger partial charge in [-0.25, -0.2) is 0 Å². The number of nitrogens with zero attached hydrogens (tertiary/aromatic N) is 1. The smallest absolute Gasteiger partial charge is 0.247 e. The highest BCUT2D eigenvalue weighted by atomic mass is 32.2. The van der Waals surface area contributed by atoms with Crippen LogP contribution in [-0.2, 0) is 4.79 Å². The summed E-state index contributed by atoms with van der Waals surface area (Å²) in [5.41, 5.74) is 0.121. The number of para-hydroxylation sites is 2. The lowest BCUT2D eigenvalue weighted by atomic mass is 10.2. The second kappa shape index (κ2) is 9.27. The Morgan fingerprint density at radius 3 is 1.92 bits per heavy atom. The molecule has 0 fully saturated rings. The van der Waals surface area contributed by atoms with Crippen molar-refractivity contribution in [1.82, 2.24) is 9.25 Å². The van der Waals surface area contributed by atoms with Crippen LogP contribution in [0.1, 0.15) is 34.1 Å². The van der Waals surface area contributed by atoms with Gasteiger partial charge in [-0.2, -0.15) is 9.25 Å². The van der Waals surface area contributed by atoms with Crippen LogP contribution in [0.5, 0.6) is 11.5 Å². The molecule has 2 aromatic rings. The molecule has 0 aliphatic heterocycles. The lowest BCUT2D eigenvalue weighted by Gasteiger charge is -2.19. The van der Waals surface area contributed by atoms with Gasteiger partial charge in [-0.05, 0) is 24.3 Å². The molecule has 0 aliphatic rings. The van der Waals surface area contributed by atoms with Gasteiger partial charge in [0.25, 0.3) is 0 Å². The molecular weight excluding hydrogens is 376 g/mol. The number of hydrazine groups is 1. The molecule has 0 saturated carbocycles. The van der Waals surface area contributed by atoms with Gasteiger partial charge >= 0.3 is 0 Å². The molecular formula is C17H16N2O5S2. The molecule has 0 bridgehead atoms. The first-order chi connectivity index (χ1) is 12.4. The predicted octanol–water partition coefficient (Wildman–Crippen LogP) is 3.12. The summed E-state index contributed by atoms with van der Waals surface area (Å²) in [5.74, 6) is -0.818. The van der Waals surface area contributed by atoms with Crippen LogP contribution < -0.4 is 4.83 Å². The van der Waals surface area contributed by atoms with Crippen LogP contribution in [0.15, 0.2) is 48.5 Å². The van der Waals surface area contributed by atoms with Gasteiger partial charge in [0.2, 0.25) is 16.1 Å². The van der Waals surface area contributed by atoms with Crippen molar-refractivity contribution in [2.75, 3.05) is 0 Å². The summed E-state index contributed by atoms with van der Waals surface area (Å²) in [5, 5.41) is 18.4. The molecule has 0 heterocycles. The molecule has 26 heavy (non-hydrogen) atoms. The monoisotopic (exact) mass is 392 g/mol. The van der Waals surface area contributed by atoms with E-state index >= 15 is 0 Å². The molecule has 7 nitrogen and oxygen atoms in total. The van der Waals surface area contributed by atoms with Gasteiger partial charge in [0.15, 0.2) is 0 Å². The molecule has 0 atom stereocenters. The lowest BCUT2D eigenvalue weighted by molar-refractivity contribution is -0.126. The lowest BCUT2D eigenvalue weighted by Crippen LogP contribution is -2.34. The molecule has 3 N–H and O–H groups in total. The Morgan fingerprint density at radius 1 is 0.923 bits per heavy atom. The number of carbonyl (C=O) groups is 3. The summed E-state index contributed by atoms with van der Waals surface area (Å²) in [7, 11) is 0. The van der Waals surface area contributed by atoms with E-state index in [9.17, 15) is 24.6 Å². The topological polar surface area (TPSA) is 107 Å². The highest BCUT2D eigenvalue weighted by Gasteiger charge is 2.22. The van der Waals surface area contributed by atoms with Crippen molar-refractivity contribution in [3.05, 3.63) is 59.7 Å². The van der Waals surface area contributed by atoms with Crippen LogP contribution in [0.3, 0.4) is 0 Å². The summed E-state index contributed by atoms with van der Waals surface area (Å²) >= 11 is 1.08. The summed E-state index contributed by atoms with van der Waals surface area (Å²) in [6.45, 7) is 1.61. The largest absolute Gasteiger partial charge is 0.507 e. The van der Waals surface area contributed by atoms with Crippen molar-refractivity contribution in [1.29, 1.82) is 0 Å². The van der Waals surface area contributed by atoms with Crippen molar-refractivity contribution in [2.24, 2.45) is 0 Å². The summed E-state index contributed by atoms with van der Waals surface area (Å²) in [6, 6.07) is 12.0. The number of benzene rings is 2. The first kappa shape index (κ1) is 19.8. The Kier molecular flexibility index (Phi) is 7.07. The third kappa shape index (κ3) is 5.01. The number of phenols is 2. The van der Waals surface area contributed by atoms with Crippen molar-refractivity contribution in [3.8, 4) is 11.5 Å². The fourth-order valence-electron chi connectivity index (χ4n) is 1.83. The van der Waals surface area contributed by atoms with Gasteiger partial charge < -0.3 is 10.2 Å². The fraction of sp³-hybridized carbons (Fsp3) is 0.118. The Labute approximate surface area is 158 Å². The normalized spacial score (nSPS) is 10.3. The quantitative estimate of drug-likeness (QED) is 0.526. The van der Waals surface area contributed by atoms with Gasteiger partial charge in [0.05, 0.1) is 23.1 Å². The van der Waals surface area contributed by atoms with Crippen molar-refractivity contribution < 1.29 is 24.6 Å². The standard InChI is InChI=1S/C17H16N2O5S2/c1-2-15(22)19(26-17(24)12-8-4-6-10-14(12)21)18-25-16(23)11-7-3-5-9-13(11)20/h3-10,18,20-21H,2H2,1H3. The molecule has 0 unspecified atom stereocenters. The minimum atomic E-state index is -0.562. The molecule has 0 saturated heterocycles. The first-order valence-electron chi connectivity index (χ1n) is 7.52. The average Bonchev–Trinajstić information content (AvgIpc) is 2.64. The molecule has 0 radical (unpaired) electrons. The highest BCUT2D eigenvalue weighted by Crippen LogP contribution is 2.26. The molecule has 0 spiro atoms. The second-order valence-corrected chi connectivity index (χ2v) is 6.61. The first-order valence-corrected chi connectivity index (χ1v) is 9.11. The SMILES string of the molecule is CCC(=O)N(NSC(=O)c1ccccc1O)SC(=O)c1ccccc1O. The summed E-state index contributed by atoms with van der Waals surface area (Å²) in [6.07, 6.45) is 0.0966. The van der Waals surface area contributed by atoms with E-state index < -0.39 is 16.1 Å². The maximum Gasteiger partial charge on any atom is 0.247 e. The van der Waals surface area contributed by atoms with E-state index in [-0.39, 0.29) is 29.0 Å². The van der Waals surface area contributed by atoms with Crippen LogP contribution in [0.4, 0.5) is 0 Å². The highest BCUT2D eigenvalue weighted by molar-refractivity contribution is 8.15. The average molecular weight is 392 g/mol. The molecule has 0 aliphatic carbocycles. The third-order valence-electron chi connectivity index (χ3n) is 3.17. The van der Waals surface area contributed by atoms with E-state index in [1.807, 2.05) is 0 Å². The third-order valence-corrected chi connectivity index (χ3v) is 4.83. The maximum atomic E-state index is 12.3. The number of rotatable bonds is 5.